The Morgan fingerprint density at radius 2 is 1.45 bits per heavy atom. The molecule has 5 aromatic heterocycles. The third kappa shape index (κ3) is 18.6. The standard InChI is InChI=1S/C72H85N19O18S5/c1-14-26(3)47-63(105)78-30(7)57(99)75-28(5)56(98)76-31(8)58(100)91-72-19-18-40(66-85-43(22-111-66)59(101)77-29(6)55(97)74-27(4)54(73)96)81-52(72)42-21-112-67(83-42)49(34(11)109-69(107)41-20-37(32(9)92)36-16-17-39(79-47)51(95)50(36)80-41)89-60(102)44-24-113-68(86-44)53(71(13,108)35(12)94)90-62(104)45-23-110-65(84-45)38(15-2)82-64(106)48(33(10)93)88-61(103)46-25-114-70(72)87-46/h15-17,20-22,24-26,30-35,39,45,47-49,51-53,79,92-95,108H,4-6,14,18-19,23H2,1-3,7-13H3,(H2,73,96)(H,74,97)(H,75,99)(H,76,98)(H,77,101)(H,78,105)(H,82,106)(H,88,103)(H,89,102)(H,90,104)(H,91,100)/b38-15-/t26-,30-,31-,32-,33+,34+,35-,39+,45+,47-,48?,49+,51-,52+,53+,71+,72-/m0/s1. The Morgan fingerprint density at radius 3 is 2.12 bits per heavy atom. The molecule has 11 amide bonds. The van der Waals surface area contributed by atoms with E-state index in [9.17, 15) is 68.7 Å². The van der Waals surface area contributed by atoms with E-state index in [2.05, 4.69) is 98.2 Å². The number of carbonyl (C=O) groups excluding carboxylic acids is 12. The van der Waals surface area contributed by atoms with Crippen molar-refractivity contribution in [1.82, 2.24) is 83.4 Å². The minimum absolute atomic E-state index is 0.0158. The number of nitrogens with two attached hydrogens (primary N) is 1. The van der Waals surface area contributed by atoms with Crippen LogP contribution in [-0.4, -0.2) is 198 Å². The highest BCUT2D eigenvalue weighted by atomic mass is 32.2. The van der Waals surface area contributed by atoms with Gasteiger partial charge in [-0.25, -0.2) is 29.7 Å². The minimum Gasteiger partial charge on any atom is -0.455 e. The normalized spacial score (nSPS) is 26.9. The second-order valence-corrected chi connectivity index (χ2v) is 32.3. The molecule has 17 atom stereocenters. The number of carbonyl (C=O) groups is 12. The van der Waals surface area contributed by atoms with Crippen molar-refractivity contribution in [2.24, 2.45) is 21.6 Å². The van der Waals surface area contributed by atoms with Gasteiger partial charge in [0.1, 0.15) is 113 Å². The number of nitrogens with zero attached hydrogens (tertiary/aromatic N) is 7. The van der Waals surface area contributed by atoms with Crippen molar-refractivity contribution in [2.75, 3.05) is 5.75 Å². The molecule has 1 unspecified atom stereocenters. The number of cyclic esters (lactones) is 1. The van der Waals surface area contributed by atoms with Crippen LogP contribution in [0.5, 0.6) is 0 Å². The van der Waals surface area contributed by atoms with E-state index in [-0.39, 0.29) is 94.7 Å². The molecule has 0 fully saturated rings. The van der Waals surface area contributed by atoms with Crippen LogP contribution in [0.25, 0.3) is 6.08 Å². The number of esters is 1. The van der Waals surface area contributed by atoms with Crippen LogP contribution < -0.4 is 64.2 Å². The molecule has 10 rings (SSSR count). The van der Waals surface area contributed by atoms with Crippen molar-refractivity contribution in [3.05, 3.63) is 148 Å². The first-order valence-corrected chi connectivity index (χ1v) is 40.1. The van der Waals surface area contributed by atoms with Gasteiger partial charge in [0.2, 0.25) is 29.5 Å². The van der Waals surface area contributed by atoms with Crippen molar-refractivity contribution in [3.8, 4) is 0 Å². The lowest BCUT2D eigenvalue weighted by atomic mass is 9.80. The molecule has 5 aliphatic rings. The summed E-state index contributed by atoms with van der Waals surface area (Å²) in [5, 5.41) is 92.2. The number of hydrogen-bond donors (Lipinski definition) is 17. The van der Waals surface area contributed by atoms with Gasteiger partial charge < -0.3 is 89.2 Å². The maximum absolute atomic E-state index is 15.4. The Labute approximate surface area is 671 Å². The molecule has 0 radical (unpaired) electrons. The van der Waals surface area contributed by atoms with Gasteiger partial charge in [-0.05, 0) is 85.8 Å². The van der Waals surface area contributed by atoms with Gasteiger partial charge in [-0.1, -0.05) is 58.2 Å². The molecule has 114 heavy (non-hydrogen) atoms. The van der Waals surface area contributed by atoms with E-state index in [4.69, 9.17) is 25.4 Å². The van der Waals surface area contributed by atoms with E-state index >= 15 is 14.4 Å². The molecule has 0 saturated carbocycles. The molecule has 5 aromatic rings. The first kappa shape index (κ1) is 85.9. The van der Waals surface area contributed by atoms with E-state index in [1.807, 2.05) is 0 Å². The van der Waals surface area contributed by atoms with Gasteiger partial charge in [-0.2, -0.15) is 0 Å². The summed E-state index contributed by atoms with van der Waals surface area (Å²) >= 11 is 4.42. The molecule has 0 saturated heterocycles. The van der Waals surface area contributed by atoms with Gasteiger partial charge in [-0.15, -0.1) is 57.1 Å². The maximum Gasteiger partial charge on any atom is 0.357 e. The SMILES string of the molecule is C=C(NC(=O)C(=C)NC(=O)c1csc(C2=N[C@@H]3c4csc(n4)[C@@H]4NC(=O)c5csc(n5)[C@H]([C@](C)(O)[C@H](C)O)NC(=O)[C@H]5CSC(=N5)/C(=C/C)NC(=O)C([C@@H](C)O)NC(=O)c5csc(n5)[C@@]3(CC2)NC(=O)[C@H](C)NC(=O)C(=C)NC(=O)[C@H](C)NC(=O)[C@H]([C@@H](C)CC)N[C@@H]2C=Cc3c([C@H](C)O)cc(nc3[C@H]2O)C(=O)O[C@@H]4C)n1)C(N)=O. The third-order valence-electron chi connectivity index (χ3n) is 19.5. The number of pyridine rings is 1. The van der Waals surface area contributed by atoms with Gasteiger partial charge in [0.25, 0.3) is 35.4 Å². The lowest BCUT2D eigenvalue weighted by Gasteiger charge is -2.41. The number of aliphatic imine (C=N–C) groups is 2. The van der Waals surface area contributed by atoms with E-state index in [0.29, 0.717) is 6.42 Å². The average Bonchev–Trinajstić information content (AvgIpc) is 1.50. The van der Waals surface area contributed by atoms with E-state index in [1.165, 1.54) is 88.2 Å². The van der Waals surface area contributed by atoms with E-state index < -0.39 is 196 Å². The summed E-state index contributed by atoms with van der Waals surface area (Å²) in [5.41, 5.74) is -1.79. The summed E-state index contributed by atoms with van der Waals surface area (Å²) in [7, 11) is 0. The number of rotatable bonds is 12. The van der Waals surface area contributed by atoms with Crippen LogP contribution in [-0.2, 0) is 48.6 Å². The Hall–Kier alpha value is -10.5. The topological polar surface area (TPSA) is 563 Å². The number of hydrogen-bond acceptors (Lipinski definition) is 31. The fraction of sp³-hybridized carbons (Fsp3) is 0.431. The number of aliphatic hydroxyl groups is 5. The molecule has 0 aromatic carbocycles. The number of thiazole rings is 4. The van der Waals surface area contributed by atoms with Gasteiger partial charge in [0.05, 0.1) is 70.3 Å². The van der Waals surface area contributed by atoms with Crippen molar-refractivity contribution in [3.63, 3.8) is 0 Å². The molecular weight excluding hydrogens is 1580 g/mol. The number of ether oxygens (including phenoxy) is 1. The quantitative estimate of drug-likeness (QED) is 0.0606. The van der Waals surface area contributed by atoms with Crippen molar-refractivity contribution in [1.29, 1.82) is 0 Å². The molecule has 18 N–H and O–H groups in total. The number of primary amides is 1. The fourth-order valence-corrected chi connectivity index (χ4v) is 17.2. The number of aromatic nitrogens is 5. The van der Waals surface area contributed by atoms with Crippen LogP contribution in [0.1, 0.15) is 203 Å². The van der Waals surface area contributed by atoms with Crippen LogP contribution in [0.3, 0.4) is 0 Å². The first-order valence-electron chi connectivity index (χ1n) is 35.6. The predicted octanol–water partition coefficient (Wildman–Crippen LogP) is 0.774. The zero-order valence-electron chi connectivity index (χ0n) is 63.0. The molecule has 606 valence electrons. The summed E-state index contributed by atoms with van der Waals surface area (Å²) in [6.07, 6.45) is -3.18. The number of nitrogens with one attached hydrogen (secondary N) is 11. The van der Waals surface area contributed by atoms with Crippen LogP contribution in [0, 0.1) is 5.92 Å². The van der Waals surface area contributed by atoms with Crippen molar-refractivity contribution in [2.45, 2.75) is 185 Å². The Bertz CT molecular complexity index is 4880. The van der Waals surface area contributed by atoms with Crippen molar-refractivity contribution >= 4 is 145 Å². The summed E-state index contributed by atoms with van der Waals surface area (Å²) in [6.45, 7) is 24.9. The molecule has 13 bridgehead atoms. The van der Waals surface area contributed by atoms with Gasteiger partial charge in [0.15, 0.2) is 0 Å². The highest BCUT2D eigenvalue weighted by Crippen LogP contribution is 2.48. The third-order valence-corrected chi connectivity index (χ3v) is 24.3. The molecular formula is C72H85N19O18S5. The molecule has 42 heteroatoms. The Morgan fingerprint density at radius 1 is 0.763 bits per heavy atom. The fourth-order valence-electron chi connectivity index (χ4n) is 12.3. The van der Waals surface area contributed by atoms with Crippen LogP contribution >= 0.6 is 57.1 Å². The number of fused-ring (bicyclic) bond motifs is 7. The largest absolute Gasteiger partial charge is 0.455 e. The van der Waals surface area contributed by atoms with Crippen LogP contribution in [0.15, 0.2) is 92.2 Å². The molecule has 37 nitrogen and oxygen atoms in total. The zero-order chi connectivity index (χ0) is 83.4. The molecule has 1 aliphatic carbocycles. The highest BCUT2D eigenvalue weighted by Gasteiger charge is 2.51. The average molecular weight is 1660 g/mol. The van der Waals surface area contributed by atoms with E-state index in [1.54, 1.807) is 26.8 Å². The number of aliphatic hydroxyl groups excluding tert-OH is 4. The highest BCUT2D eigenvalue weighted by molar-refractivity contribution is 8.14. The van der Waals surface area contributed by atoms with Crippen LogP contribution in [0.4, 0.5) is 0 Å². The first-order chi connectivity index (χ1) is 53.7. The Kier molecular flexibility index (Phi) is 26.7. The monoisotopic (exact) mass is 1660 g/mol. The summed E-state index contributed by atoms with van der Waals surface area (Å²) in [5.74, 6) is -12.2. The molecule has 4 aliphatic heterocycles. The molecule has 9 heterocycles. The second kappa shape index (κ2) is 35.5. The van der Waals surface area contributed by atoms with Gasteiger partial charge >= 0.3 is 5.97 Å². The molecule has 0 spiro atoms. The Balaban J connectivity index is 1.18. The second-order valence-electron chi connectivity index (χ2n) is 27.8. The van der Waals surface area contributed by atoms with Gasteiger partial charge in [0, 0.05) is 32.8 Å². The van der Waals surface area contributed by atoms with Crippen molar-refractivity contribution < 1.29 is 87.8 Å². The minimum atomic E-state index is -2.21. The van der Waals surface area contributed by atoms with Crippen LogP contribution in [0.2, 0.25) is 0 Å². The lowest BCUT2D eigenvalue weighted by molar-refractivity contribution is -0.131. The van der Waals surface area contributed by atoms with E-state index in [0.717, 1.165) is 57.1 Å². The zero-order valence-corrected chi connectivity index (χ0v) is 67.1. The smallest absolute Gasteiger partial charge is 0.357 e. The number of allylic oxidation sites excluding steroid dienone is 1. The predicted molar refractivity (Wildman–Crippen MR) is 418 cm³/mol. The number of amides is 11. The summed E-state index contributed by atoms with van der Waals surface area (Å²) in [6, 6.07) is -11.6. The summed E-state index contributed by atoms with van der Waals surface area (Å²) in [4.78, 5) is 204. The lowest BCUT2D eigenvalue weighted by Crippen LogP contribution is -2.57. The summed E-state index contributed by atoms with van der Waals surface area (Å²) < 4.78 is 6.26. The van der Waals surface area contributed by atoms with Gasteiger partial charge in [-0.3, -0.25) is 68.0 Å². The number of thioether (sulfide) groups is 1. The maximum atomic E-state index is 15.4.